The van der Waals surface area contributed by atoms with Crippen LogP contribution in [0.25, 0.3) is 21.8 Å². The molecule has 0 aliphatic rings. The number of amides is 3. The Kier molecular flexibility index (Phi) is 11.7. The smallest absolute Gasteiger partial charge is 0.326 e. The molecule has 11 nitrogen and oxygen atoms in total. The van der Waals surface area contributed by atoms with Crippen LogP contribution in [0.3, 0.4) is 0 Å². The quantitative estimate of drug-likeness (QED) is 0.0988. The van der Waals surface area contributed by atoms with E-state index in [2.05, 4.69) is 25.9 Å². The maximum atomic E-state index is 13.9. The molecule has 0 aliphatic heterocycles. The third-order valence-electron chi connectivity index (χ3n) is 8.21. The molecule has 0 fully saturated rings. The molecule has 0 radical (unpaired) electrons. The van der Waals surface area contributed by atoms with E-state index >= 15 is 0 Å². The van der Waals surface area contributed by atoms with Crippen molar-refractivity contribution in [3.8, 4) is 0 Å². The Hall–Kier alpha value is -4.29. The van der Waals surface area contributed by atoms with Gasteiger partial charge in [0.2, 0.25) is 17.7 Å². The number of rotatable bonds is 16. The largest absolute Gasteiger partial charge is 0.480 e. The molecule has 4 aromatic rings. The maximum absolute atomic E-state index is 13.9. The number of nitrogens with one attached hydrogen (secondary N) is 5. The zero-order chi connectivity index (χ0) is 32.5. The monoisotopic (exact) mass is 634 g/mol. The van der Waals surface area contributed by atoms with Crippen LogP contribution >= 0.6 is 11.8 Å². The lowest BCUT2D eigenvalue weighted by atomic mass is 9.96. The average Bonchev–Trinajstić information content (AvgIpc) is 3.65. The first-order valence-corrected chi connectivity index (χ1v) is 16.5. The van der Waals surface area contributed by atoms with E-state index in [0.29, 0.717) is 18.6 Å². The van der Waals surface area contributed by atoms with Crippen molar-refractivity contribution >= 4 is 57.3 Å². The molecule has 12 heteroatoms. The van der Waals surface area contributed by atoms with Crippen molar-refractivity contribution in [2.24, 2.45) is 11.7 Å². The summed E-state index contributed by atoms with van der Waals surface area (Å²) in [5, 5.41) is 20.1. The number of aromatic amines is 2. The van der Waals surface area contributed by atoms with Crippen LogP contribution < -0.4 is 21.7 Å². The fourth-order valence-electron chi connectivity index (χ4n) is 5.32. The number of H-pyrrole nitrogens is 2. The number of aliphatic carboxylic acids is 1. The number of thioether (sulfide) groups is 1. The van der Waals surface area contributed by atoms with Gasteiger partial charge in [-0.3, -0.25) is 14.4 Å². The standard InChI is InChI=1S/C33H42N6O5S/c1-4-19(2)29(32(42)38-28(33(43)44)16-21-18-36-26-12-8-6-10-23(21)26)39-31(41)27(37-30(40)24(34)13-14-45-3)15-20-17-35-25-11-7-5-9-22(20)25/h5-12,17-19,24,27-29,35-36H,4,13-16,34H2,1-3H3,(H,37,40)(H,38,42)(H,39,41)(H,43,44). The summed E-state index contributed by atoms with van der Waals surface area (Å²) >= 11 is 1.57. The van der Waals surface area contributed by atoms with Crippen LogP contribution in [-0.4, -0.2) is 74.9 Å². The number of aromatic nitrogens is 2. The number of para-hydroxylation sites is 2. The number of benzene rings is 2. The SMILES string of the molecule is CCC(C)C(NC(=O)C(Cc1c[nH]c2ccccc12)NC(=O)C(N)CCSC)C(=O)NC(Cc1c[nH]c2ccccc12)C(=O)O. The van der Waals surface area contributed by atoms with E-state index in [9.17, 15) is 24.3 Å². The van der Waals surface area contributed by atoms with Crippen LogP contribution in [-0.2, 0) is 32.0 Å². The van der Waals surface area contributed by atoms with Crippen molar-refractivity contribution in [3.63, 3.8) is 0 Å². The number of hydrogen-bond acceptors (Lipinski definition) is 6. The molecule has 5 atom stereocenters. The van der Waals surface area contributed by atoms with Gasteiger partial charge in [0.1, 0.15) is 18.1 Å². The van der Waals surface area contributed by atoms with E-state index in [1.165, 1.54) is 0 Å². The first-order chi connectivity index (χ1) is 21.6. The van der Waals surface area contributed by atoms with Gasteiger partial charge in [-0.15, -0.1) is 0 Å². The third kappa shape index (κ3) is 8.46. The molecule has 8 N–H and O–H groups in total. The van der Waals surface area contributed by atoms with E-state index < -0.39 is 47.9 Å². The third-order valence-corrected chi connectivity index (χ3v) is 8.85. The van der Waals surface area contributed by atoms with Crippen LogP contribution in [0.15, 0.2) is 60.9 Å². The van der Waals surface area contributed by atoms with Gasteiger partial charge in [0, 0.05) is 47.0 Å². The van der Waals surface area contributed by atoms with Gasteiger partial charge in [-0.25, -0.2) is 4.79 Å². The highest BCUT2D eigenvalue weighted by Crippen LogP contribution is 2.21. The predicted octanol–water partition coefficient (Wildman–Crippen LogP) is 3.10. The predicted molar refractivity (Wildman–Crippen MR) is 178 cm³/mol. The van der Waals surface area contributed by atoms with Crippen molar-refractivity contribution in [1.82, 2.24) is 25.9 Å². The summed E-state index contributed by atoms with van der Waals surface area (Å²) in [4.78, 5) is 59.1. The second-order valence-electron chi connectivity index (χ2n) is 11.3. The second-order valence-corrected chi connectivity index (χ2v) is 12.3. The van der Waals surface area contributed by atoms with E-state index in [4.69, 9.17) is 5.73 Å². The fraction of sp³-hybridized carbons (Fsp3) is 0.394. The van der Waals surface area contributed by atoms with Crippen molar-refractivity contribution < 1.29 is 24.3 Å². The van der Waals surface area contributed by atoms with Gasteiger partial charge in [0.15, 0.2) is 0 Å². The number of fused-ring (bicyclic) bond motifs is 2. The van der Waals surface area contributed by atoms with E-state index in [1.54, 1.807) is 24.2 Å². The van der Waals surface area contributed by atoms with E-state index in [0.717, 1.165) is 32.9 Å². The first kappa shape index (κ1) is 33.6. The number of carboxylic acid groups (broad SMARTS) is 1. The molecule has 0 bridgehead atoms. The molecule has 0 saturated carbocycles. The minimum atomic E-state index is -1.23. The molecule has 2 heterocycles. The summed E-state index contributed by atoms with van der Waals surface area (Å²) in [6.07, 6.45) is 6.65. The number of nitrogens with two attached hydrogens (primary N) is 1. The summed E-state index contributed by atoms with van der Waals surface area (Å²) in [6, 6.07) is 11.1. The molecule has 2 aromatic carbocycles. The summed E-state index contributed by atoms with van der Waals surface area (Å²) < 4.78 is 0. The zero-order valence-corrected chi connectivity index (χ0v) is 26.6. The first-order valence-electron chi connectivity index (χ1n) is 15.1. The number of hydrogen-bond donors (Lipinski definition) is 7. The van der Waals surface area contributed by atoms with E-state index in [1.807, 2.05) is 68.6 Å². The molecule has 3 amide bonds. The van der Waals surface area contributed by atoms with Crippen LogP contribution in [0.4, 0.5) is 0 Å². The van der Waals surface area contributed by atoms with Crippen LogP contribution in [0.2, 0.25) is 0 Å². The van der Waals surface area contributed by atoms with Crippen molar-refractivity contribution in [2.45, 2.75) is 63.7 Å². The van der Waals surface area contributed by atoms with Gasteiger partial charge < -0.3 is 36.8 Å². The van der Waals surface area contributed by atoms with Crippen molar-refractivity contribution in [1.29, 1.82) is 0 Å². The lowest BCUT2D eigenvalue weighted by Gasteiger charge is -2.28. The number of carbonyl (C=O) groups excluding carboxylic acids is 3. The Morgan fingerprint density at radius 1 is 0.822 bits per heavy atom. The van der Waals surface area contributed by atoms with Crippen LogP contribution in [0.5, 0.6) is 0 Å². The van der Waals surface area contributed by atoms with Gasteiger partial charge in [0.25, 0.3) is 0 Å². The van der Waals surface area contributed by atoms with Crippen LogP contribution in [0.1, 0.15) is 37.8 Å². The lowest BCUT2D eigenvalue weighted by molar-refractivity contribution is -0.142. The molecule has 4 rings (SSSR count). The molecule has 0 spiro atoms. The summed E-state index contributed by atoms with van der Waals surface area (Å²) in [5.41, 5.74) is 9.45. The number of carboxylic acids is 1. The van der Waals surface area contributed by atoms with Gasteiger partial charge in [-0.05, 0) is 47.6 Å². The molecule has 2 aromatic heterocycles. The Morgan fingerprint density at radius 3 is 1.89 bits per heavy atom. The Labute approximate surface area is 266 Å². The maximum Gasteiger partial charge on any atom is 0.326 e. The van der Waals surface area contributed by atoms with Gasteiger partial charge in [0.05, 0.1) is 6.04 Å². The summed E-state index contributed by atoms with van der Waals surface area (Å²) in [5.74, 6) is -2.46. The van der Waals surface area contributed by atoms with Gasteiger partial charge in [-0.1, -0.05) is 56.7 Å². The second kappa shape index (κ2) is 15.6. The molecule has 0 saturated heterocycles. The van der Waals surface area contributed by atoms with Gasteiger partial charge in [-0.2, -0.15) is 11.8 Å². The lowest BCUT2D eigenvalue weighted by Crippen LogP contribution is -2.59. The molecular formula is C33H42N6O5S. The average molecular weight is 635 g/mol. The Bertz CT molecular complexity index is 1630. The molecule has 0 aliphatic carbocycles. The minimum absolute atomic E-state index is 0.0550. The van der Waals surface area contributed by atoms with Crippen molar-refractivity contribution in [2.75, 3.05) is 12.0 Å². The topological polar surface area (TPSA) is 182 Å². The van der Waals surface area contributed by atoms with Crippen LogP contribution in [0, 0.1) is 5.92 Å². The molecule has 45 heavy (non-hydrogen) atoms. The Morgan fingerprint density at radius 2 is 1.36 bits per heavy atom. The highest BCUT2D eigenvalue weighted by molar-refractivity contribution is 7.98. The molecular weight excluding hydrogens is 592 g/mol. The Balaban J connectivity index is 1.54. The molecule has 5 unspecified atom stereocenters. The number of carbonyl (C=O) groups is 4. The minimum Gasteiger partial charge on any atom is -0.480 e. The summed E-state index contributed by atoms with van der Waals surface area (Å²) in [7, 11) is 0. The van der Waals surface area contributed by atoms with E-state index in [-0.39, 0.29) is 18.8 Å². The summed E-state index contributed by atoms with van der Waals surface area (Å²) in [6.45, 7) is 3.69. The fourth-order valence-corrected chi connectivity index (χ4v) is 5.81. The van der Waals surface area contributed by atoms with Crippen molar-refractivity contribution in [3.05, 3.63) is 72.1 Å². The highest BCUT2D eigenvalue weighted by atomic mass is 32.2. The highest BCUT2D eigenvalue weighted by Gasteiger charge is 2.33. The normalized spacial score (nSPS) is 14.8. The zero-order valence-electron chi connectivity index (χ0n) is 25.8. The van der Waals surface area contributed by atoms with Gasteiger partial charge >= 0.3 is 5.97 Å². The molecule has 240 valence electrons.